The number of aliphatic hydroxyl groups is 6. The molecule has 2 fully saturated rings. The SMILES string of the molecule is C/C=C(/NC(=O)CC(CCCCCCCCCCC)OC1OC(CO)C(O)C(O)C1O)C(=O)N[C@H]1C(=O)N[C@@H]([C@@H](C)O)C(=O)NC(CC(C)C)C(=O)NCC(=O)NC(CCC(N)=O)C(=O)NCC(=O)N(C)[C@@H]([C@@H](C)O)C(=O)NC(CCCN=C(N)N)C(=O)O[C@H]1C. The monoisotopic (exact) mass is 1300 g/mol. The number of esters is 1. The summed E-state index contributed by atoms with van der Waals surface area (Å²) in [4.78, 5) is 156. The van der Waals surface area contributed by atoms with Crippen molar-refractivity contribution in [1.29, 1.82) is 0 Å². The van der Waals surface area contributed by atoms with Crippen LogP contribution in [0, 0.1) is 5.92 Å². The van der Waals surface area contributed by atoms with Crippen molar-refractivity contribution < 1.29 is 97.6 Å². The van der Waals surface area contributed by atoms with Gasteiger partial charge in [-0.3, -0.25) is 52.9 Å². The first-order valence-electron chi connectivity index (χ1n) is 31.0. The second-order valence-corrected chi connectivity index (χ2v) is 23.3. The van der Waals surface area contributed by atoms with Crippen molar-refractivity contribution in [2.24, 2.45) is 28.1 Å². The molecule has 2 rings (SSSR count). The summed E-state index contributed by atoms with van der Waals surface area (Å²) in [6.07, 6.45) is -6.44. The maximum absolute atomic E-state index is 14.7. The number of allylic oxidation sites excluding steroid dienone is 1. The van der Waals surface area contributed by atoms with Crippen LogP contribution in [-0.2, 0) is 67.0 Å². The van der Waals surface area contributed by atoms with Crippen LogP contribution in [0.2, 0.25) is 0 Å². The predicted molar refractivity (Wildman–Crippen MR) is 326 cm³/mol. The number of ether oxygens (including phenoxy) is 3. The Balaban J connectivity index is 2.73. The molecule has 0 spiro atoms. The fraction of sp³-hybridized carbons (Fsp3) is 0.759. The van der Waals surface area contributed by atoms with Gasteiger partial charge in [0.05, 0.1) is 44.4 Å². The zero-order chi connectivity index (χ0) is 68.7. The number of aliphatic hydroxyl groups excluding tert-OH is 6. The number of carbonyl (C=O) groups excluding carboxylic acids is 11. The summed E-state index contributed by atoms with van der Waals surface area (Å²) in [5.41, 5.74) is 15.8. The van der Waals surface area contributed by atoms with Crippen LogP contribution < -0.4 is 59.7 Å². The maximum atomic E-state index is 14.7. The van der Waals surface area contributed by atoms with E-state index in [9.17, 15) is 83.4 Å². The van der Waals surface area contributed by atoms with Gasteiger partial charge in [-0.1, -0.05) is 84.6 Å². The van der Waals surface area contributed by atoms with Gasteiger partial charge in [-0.05, 0) is 65.7 Å². The summed E-state index contributed by atoms with van der Waals surface area (Å²) in [6, 6.07) is -10.5. The Morgan fingerprint density at radius 1 is 0.747 bits per heavy atom. The van der Waals surface area contributed by atoms with Crippen molar-refractivity contribution in [3.05, 3.63) is 11.8 Å². The first kappa shape index (κ1) is 80.0. The molecule has 2 aliphatic rings. The fourth-order valence-electron chi connectivity index (χ4n) is 9.88. The second-order valence-electron chi connectivity index (χ2n) is 23.3. The lowest BCUT2D eigenvalue weighted by Gasteiger charge is -2.40. The molecular weight excluding hydrogens is 1200 g/mol. The molecule has 0 aromatic carbocycles. The number of hydrogen-bond donors (Lipinski definition) is 17. The molecular formula is C58H101N13O20. The lowest BCUT2D eigenvalue weighted by atomic mass is 9.99. The van der Waals surface area contributed by atoms with E-state index in [4.69, 9.17) is 31.4 Å². The first-order chi connectivity index (χ1) is 42.9. The Bertz CT molecular complexity index is 2460. The highest BCUT2D eigenvalue weighted by Crippen LogP contribution is 2.26. The highest BCUT2D eigenvalue weighted by atomic mass is 16.7. The molecule has 2 heterocycles. The van der Waals surface area contributed by atoms with Crippen LogP contribution in [0.4, 0.5) is 0 Å². The summed E-state index contributed by atoms with van der Waals surface area (Å²) >= 11 is 0. The number of aliphatic imine (C=N–C) groups is 1. The number of nitrogens with zero attached hydrogens (tertiary/aromatic N) is 2. The van der Waals surface area contributed by atoms with E-state index in [1.807, 2.05) is 0 Å². The highest BCUT2D eigenvalue weighted by molar-refractivity contribution is 6.01. The van der Waals surface area contributed by atoms with Gasteiger partial charge in [0.2, 0.25) is 53.2 Å². The molecule has 0 aromatic rings. The number of guanidine groups is 1. The quantitative estimate of drug-likeness (QED) is 0.0110. The van der Waals surface area contributed by atoms with Crippen molar-refractivity contribution >= 4 is 71.0 Å². The summed E-state index contributed by atoms with van der Waals surface area (Å²) in [6.45, 7) is 7.68. The largest absolute Gasteiger partial charge is 0.458 e. The van der Waals surface area contributed by atoms with Gasteiger partial charge >= 0.3 is 5.97 Å². The van der Waals surface area contributed by atoms with Gasteiger partial charge in [0.15, 0.2) is 12.2 Å². The molecule has 91 heavy (non-hydrogen) atoms. The summed E-state index contributed by atoms with van der Waals surface area (Å²) in [7, 11) is 1.09. The number of primary amides is 1. The Hall–Kier alpha value is -7.14. The average Bonchev–Trinajstić information content (AvgIpc) is 0.948. The Morgan fingerprint density at radius 3 is 1.92 bits per heavy atom. The molecule has 33 heteroatoms. The number of rotatable bonds is 29. The van der Waals surface area contributed by atoms with Gasteiger partial charge < -0.3 is 109 Å². The van der Waals surface area contributed by atoms with E-state index in [-0.39, 0.29) is 50.5 Å². The second kappa shape index (κ2) is 41.4. The third-order valence-corrected chi connectivity index (χ3v) is 15.0. The molecule has 518 valence electrons. The molecule has 10 amide bonds. The molecule has 0 aromatic heterocycles. The number of nitrogens with two attached hydrogens (primary N) is 3. The number of carbonyl (C=O) groups is 11. The van der Waals surface area contributed by atoms with Gasteiger partial charge in [0, 0.05) is 20.0 Å². The fourth-order valence-corrected chi connectivity index (χ4v) is 9.88. The van der Waals surface area contributed by atoms with Crippen LogP contribution in [0.5, 0.6) is 0 Å². The van der Waals surface area contributed by atoms with Gasteiger partial charge in [-0.2, -0.15) is 0 Å². The first-order valence-corrected chi connectivity index (χ1v) is 31.0. The van der Waals surface area contributed by atoms with Gasteiger partial charge in [0.25, 0.3) is 5.91 Å². The standard InChI is InChI=1S/C58H101N13O20/c1-9-11-12-13-14-15-16-17-18-20-34(90-57-49(81)48(80)47(79)39(29-72)91-57)26-41(76)65-35(10-2)52(84)70-45-33(7)89-56(88)37(21-19-24-62-58(60)61)67-55(87)46(32(6)74)71(8)43(78)28-64-50(82)36(22-23-40(59)75)66-42(77)27-63-51(83)38(25-30(3)4)68-53(85)44(31(5)73)69-54(45)86/h10,30-34,36-39,44-49,57,72-74,79-81H,9,11-29H2,1-8H3,(H2,59,75)(H,63,83)(H,64,82)(H,65,76)(H,66,77)(H,67,87)(H,68,85)(H,69,86)(H,70,84)(H4,60,61,62)/b35-10+/t31-,32-,33+,34?,36?,37?,38?,39?,44+,45-,46+,47?,48?,49?,57?/m1/s1. The van der Waals surface area contributed by atoms with Crippen molar-refractivity contribution in [3.63, 3.8) is 0 Å². The molecule has 33 nitrogen and oxygen atoms in total. The third kappa shape index (κ3) is 28.5. The molecule has 2 saturated heterocycles. The summed E-state index contributed by atoms with van der Waals surface area (Å²) in [5.74, 6) is -12.4. The molecule has 0 aliphatic carbocycles. The number of cyclic esters (lactones) is 1. The van der Waals surface area contributed by atoms with Crippen molar-refractivity contribution in [2.45, 2.75) is 243 Å². The highest BCUT2D eigenvalue weighted by Gasteiger charge is 2.45. The zero-order valence-electron chi connectivity index (χ0n) is 53.5. The Labute approximate surface area is 530 Å². The van der Waals surface area contributed by atoms with Gasteiger partial charge in [-0.25, -0.2) is 4.79 Å². The minimum atomic E-state index is -2.07. The molecule has 15 atom stereocenters. The minimum Gasteiger partial charge on any atom is -0.458 e. The number of likely N-dealkylation sites (N-methyl/N-ethyl adjacent to an activating group) is 1. The lowest BCUT2D eigenvalue weighted by Crippen LogP contribution is -2.62. The average molecular weight is 1300 g/mol. The van der Waals surface area contributed by atoms with Crippen LogP contribution in [0.15, 0.2) is 16.8 Å². The third-order valence-electron chi connectivity index (χ3n) is 15.0. The van der Waals surface area contributed by atoms with E-state index in [0.29, 0.717) is 6.42 Å². The van der Waals surface area contributed by atoms with Crippen LogP contribution in [0.3, 0.4) is 0 Å². The van der Waals surface area contributed by atoms with Gasteiger partial charge in [0.1, 0.15) is 72.5 Å². The van der Waals surface area contributed by atoms with Crippen LogP contribution in [-0.4, -0.2) is 231 Å². The molecule has 2 aliphatic heterocycles. The number of hydrogen-bond acceptors (Lipinski definition) is 21. The number of unbranched alkanes of at least 4 members (excludes halogenated alkanes) is 8. The molecule has 20 N–H and O–H groups in total. The van der Waals surface area contributed by atoms with Crippen molar-refractivity contribution in [2.75, 3.05) is 33.3 Å². The van der Waals surface area contributed by atoms with Gasteiger partial charge in [-0.15, -0.1) is 0 Å². The van der Waals surface area contributed by atoms with E-state index < -0.39 is 195 Å². The topological polar surface area (TPSA) is 527 Å². The van der Waals surface area contributed by atoms with E-state index in [0.717, 1.165) is 90.2 Å². The molecule has 0 saturated carbocycles. The smallest absolute Gasteiger partial charge is 0.328 e. The van der Waals surface area contributed by atoms with Crippen LogP contribution in [0.1, 0.15) is 151 Å². The predicted octanol–water partition coefficient (Wildman–Crippen LogP) is -4.94. The lowest BCUT2D eigenvalue weighted by molar-refractivity contribution is -0.311. The van der Waals surface area contributed by atoms with E-state index in [2.05, 4.69) is 54.5 Å². The number of amides is 10. The van der Waals surface area contributed by atoms with Crippen LogP contribution >= 0.6 is 0 Å². The molecule has 0 radical (unpaired) electrons. The Morgan fingerprint density at radius 2 is 1.35 bits per heavy atom. The molecule has 9 unspecified atom stereocenters. The van der Waals surface area contributed by atoms with E-state index in [1.54, 1.807) is 13.8 Å². The zero-order valence-corrected chi connectivity index (χ0v) is 53.5. The van der Waals surface area contributed by atoms with Crippen LogP contribution in [0.25, 0.3) is 0 Å². The maximum Gasteiger partial charge on any atom is 0.328 e. The number of nitrogens with one attached hydrogen (secondary N) is 8. The minimum absolute atomic E-state index is 0.0421. The van der Waals surface area contributed by atoms with Crippen molar-refractivity contribution in [1.82, 2.24) is 47.4 Å². The Kier molecular flexibility index (Phi) is 36.3. The normalized spacial score (nSPS) is 26.8. The van der Waals surface area contributed by atoms with E-state index >= 15 is 0 Å². The summed E-state index contributed by atoms with van der Waals surface area (Å²) in [5, 5.41) is 82.6. The van der Waals surface area contributed by atoms with E-state index in [1.165, 1.54) is 6.92 Å². The molecule has 0 bridgehead atoms. The summed E-state index contributed by atoms with van der Waals surface area (Å²) < 4.78 is 17.4. The van der Waals surface area contributed by atoms with Crippen molar-refractivity contribution in [3.8, 4) is 0 Å².